The van der Waals surface area contributed by atoms with Gasteiger partial charge in [0.15, 0.2) is 0 Å². The molecule has 18 heavy (non-hydrogen) atoms. The second-order valence-corrected chi connectivity index (χ2v) is 3.28. The van der Waals surface area contributed by atoms with E-state index in [0.717, 1.165) is 0 Å². The lowest BCUT2D eigenvalue weighted by atomic mass is 10.2. The van der Waals surface area contributed by atoms with Crippen LogP contribution in [0.25, 0.3) is 0 Å². The van der Waals surface area contributed by atoms with Crippen LogP contribution in [0.2, 0.25) is 0 Å². The van der Waals surface area contributed by atoms with Gasteiger partial charge >= 0.3 is 5.97 Å². The van der Waals surface area contributed by atoms with E-state index in [0.29, 0.717) is 6.42 Å². The van der Waals surface area contributed by atoms with Gasteiger partial charge in [0.25, 0.3) is 5.69 Å². The smallest absolute Gasteiger partial charge is 0.344 e. The van der Waals surface area contributed by atoms with Crippen molar-refractivity contribution in [2.75, 3.05) is 0 Å². The van der Waals surface area contributed by atoms with E-state index in [4.69, 9.17) is 10.00 Å². The van der Waals surface area contributed by atoms with Crippen molar-refractivity contribution in [2.24, 2.45) is 0 Å². The first kappa shape index (κ1) is 13.4. The summed E-state index contributed by atoms with van der Waals surface area (Å²) in [7, 11) is 0. The van der Waals surface area contributed by atoms with Crippen molar-refractivity contribution in [3.8, 4) is 6.07 Å². The van der Waals surface area contributed by atoms with Crippen molar-refractivity contribution in [3.63, 3.8) is 0 Å². The fraction of sp³-hybridized carbons (Fsp3) is 0.167. The third-order valence-corrected chi connectivity index (χ3v) is 2.02. The van der Waals surface area contributed by atoms with Crippen LogP contribution in [0.3, 0.4) is 0 Å². The molecule has 0 unspecified atom stereocenters. The number of ether oxygens (including phenoxy) is 1. The molecule has 1 aromatic rings. The molecule has 0 N–H and O–H groups in total. The molecule has 0 saturated carbocycles. The molecule has 92 valence electrons. The van der Waals surface area contributed by atoms with Gasteiger partial charge in [0, 0.05) is 12.1 Å². The van der Waals surface area contributed by atoms with Gasteiger partial charge in [0.05, 0.1) is 10.5 Å². The highest BCUT2D eigenvalue weighted by Gasteiger charge is 2.12. The first-order valence-corrected chi connectivity index (χ1v) is 5.15. The molecule has 0 atom stereocenters. The summed E-state index contributed by atoms with van der Waals surface area (Å²) in [5, 5.41) is 19.1. The van der Waals surface area contributed by atoms with Crippen LogP contribution < -0.4 is 0 Å². The predicted octanol–water partition coefficient (Wildman–Crippen LogP) is 2.57. The molecular weight excluding hydrogens is 236 g/mol. The molecule has 0 radical (unpaired) electrons. The quantitative estimate of drug-likeness (QED) is 0.267. The van der Waals surface area contributed by atoms with Crippen LogP contribution in [0.4, 0.5) is 5.69 Å². The van der Waals surface area contributed by atoms with Crippen LogP contribution in [0.5, 0.6) is 0 Å². The summed E-state index contributed by atoms with van der Waals surface area (Å²) < 4.78 is 4.82. The molecule has 0 aromatic heterocycles. The molecule has 0 fully saturated rings. The lowest BCUT2D eigenvalue weighted by molar-refractivity contribution is -0.384. The number of non-ortho nitro benzene ring substituents is 1. The molecule has 0 bridgehead atoms. The van der Waals surface area contributed by atoms with E-state index in [-0.39, 0.29) is 17.0 Å². The van der Waals surface area contributed by atoms with E-state index in [9.17, 15) is 14.9 Å². The number of hydrogen-bond donors (Lipinski definition) is 0. The number of benzene rings is 1. The highest BCUT2D eigenvalue weighted by atomic mass is 16.6. The third-order valence-electron chi connectivity index (χ3n) is 2.02. The topological polar surface area (TPSA) is 93.2 Å². The van der Waals surface area contributed by atoms with Crippen molar-refractivity contribution in [3.05, 3.63) is 51.8 Å². The second kappa shape index (κ2) is 6.15. The van der Waals surface area contributed by atoms with E-state index in [1.807, 2.05) is 0 Å². The maximum Gasteiger partial charge on any atom is 0.344 e. The van der Waals surface area contributed by atoms with Gasteiger partial charge in [0.1, 0.15) is 6.07 Å². The van der Waals surface area contributed by atoms with Crippen molar-refractivity contribution in [1.82, 2.24) is 0 Å². The monoisotopic (exact) mass is 246 g/mol. The van der Waals surface area contributed by atoms with Crippen molar-refractivity contribution >= 4 is 11.7 Å². The standard InChI is InChI=1S/C12H10N2O4/c1-2-3-11(8-13)18-12(15)9-4-6-10(7-5-9)14(16)17/h3-7H,2H2,1H3. The van der Waals surface area contributed by atoms with E-state index in [1.54, 1.807) is 13.0 Å². The maximum atomic E-state index is 11.6. The Bertz CT molecular complexity index is 526. The summed E-state index contributed by atoms with van der Waals surface area (Å²) in [6.45, 7) is 1.80. The van der Waals surface area contributed by atoms with Crippen LogP contribution in [-0.2, 0) is 4.74 Å². The van der Waals surface area contributed by atoms with Crippen molar-refractivity contribution < 1.29 is 14.5 Å². The molecule has 0 heterocycles. The summed E-state index contributed by atoms with van der Waals surface area (Å²) >= 11 is 0. The van der Waals surface area contributed by atoms with Crippen LogP contribution >= 0.6 is 0 Å². The molecule has 1 aromatic carbocycles. The molecule has 6 nitrogen and oxygen atoms in total. The van der Waals surface area contributed by atoms with Crippen molar-refractivity contribution in [1.29, 1.82) is 5.26 Å². The van der Waals surface area contributed by atoms with Gasteiger partial charge in [-0.1, -0.05) is 6.92 Å². The van der Waals surface area contributed by atoms with Gasteiger partial charge < -0.3 is 4.74 Å². The number of carbonyl (C=O) groups is 1. The average molecular weight is 246 g/mol. The molecule has 0 aliphatic rings. The Kier molecular flexibility index (Phi) is 4.58. The Hall–Kier alpha value is -2.68. The van der Waals surface area contributed by atoms with Gasteiger partial charge in [-0.25, -0.2) is 4.79 Å². The van der Waals surface area contributed by atoms with Crippen LogP contribution in [0, 0.1) is 21.4 Å². The number of allylic oxidation sites excluding steroid dienone is 2. The zero-order chi connectivity index (χ0) is 13.5. The molecular formula is C12H10N2O4. The molecule has 0 aliphatic heterocycles. The number of rotatable bonds is 4. The minimum atomic E-state index is -0.717. The first-order chi connectivity index (χ1) is 8.58. The van der Waals surface area contributed by atoms with Gasteiger partial charge in [-0.15, -0.1) is 0 Å². The Morgan fingerprint density at radius 3 is 2.56 bits per heavy atom. The second-order valence-electron chi connectivity index (χ2n) is 3.28. The number of esters is 1. The number of nitro groups is 1. The van der Waals surface area contributed by atoms with Gasteiger partial charge in [-0.2, -0.15) is 5.26 Å². The van der Waals surface area contributed by atoms with E-state index >= 15 is 0 Å². The first-order valence-electron chi connectivity index (χ1n) is 5.15. The van der Waals surface area contributed by atoms with E-state index in [1.165, 1.54) is 30.3 Å². The average Bonchev–Trinajstić information content (AvgIpc) is 2.38. The van der Waals surface area contributed by atoms with Gasteiger partial charge in [-0.05, 0) is 24.6 Å². The summed E-state index contributed by atoms with van der Waals surface area (Å²) in [6.07, 6.45) is 2.04. The highest BCUT2D eigenvalue weighted by Crippen LogP contribution is 2.13. The molecule has 0 saturated heterocycles. The Labute approximate surface area is 103 Å². The lowest BCUT2D eigenvalue weighted by Crippen LogP contribution is -2.04. The summed E-state index contributed by atoms with van der Waals surface area (Å²) in [4.78, 5) is 21.5. The van der Waals surface area contributed by atoms with Crippen molar-refractivity contribution in [2.45, 2.75) is 13.3 Å². The normalized spacial score (nSPS) is 10.6. The Morgan fingerprint density at radius 2 is 2.11 bits per heavy atom. The zero-order valence-corrected chi connectivity index (χ0v) is 9.62. The number of nitriles is 1. The van der Waals surface area contributed by atoms with E-state index in [2.05, 4.69) is 0 Å². The third kappa shape index (κ3) is 3.42. The van der Waals surface area contributed by atoms with Gasteiger partial charge in [-0.3, -0.25) is 10.1 Å². The molecule has 0 spiro atoms. The summed E-state index contributed by atoms with van der Waals surface area (Å²) in [5.41, 5.74) is 0.0361. The fourth-order valence-corrected chi connectivity index (χ4v) is 1.17. The summed E-state index contributed by atoms with van der Waals surface area (Å²) in [5.74, 6) is -0.799. The number of hydrogen-bond acceptors (Lipinski definition) is 5. The largest absolute Gasteiger partial charge is 0.412 e. The predicted molar refractivity (Wildman–Crippen MR) is 62.5 cm³/mol. The lowest BCUT2D eigenvalue weighted by Gasteiger charge is -2.01. The molecule has 0 amide bonds. The van der Waals surface area contributed by atoms with Crippen LogP contribution in [0.1, 0.15) is 23.7 Å². The molecule has 6 heteroatoms. The Balaban J connectivity index is 2.82. The molecule has 1 rings (SSSR count). The Morgan fingerprint density at radius 1 is 1.50 bits per heavy atom. The van der Waals surface area contributed by atoms with Crippen LogP contribution in [0.15, 0.2) is 36.1 Å². The number of nitro benzene ring substituents is 1. The maximum absolute atomic E-state index is 11.6. The fourth-order valence-electron chi connectivity index (χ4n) is 1.17. The number of carbonyl (C=O) groups excluding carboxylic acids is 1. The van der Waals surface area contributed by atoms with Crippen LogP contribution in [-0.4, -0.2) is 10.9 Å². The molecule has 0 aliphatic carbocycles. The van der Waals surface area contributed by atoms with Gasteiger partial charge in [0.2, 0.25) is 5.76 Å². The summed E-state index contributed by atoms with van der Waals surface area (Å²) in [6, 6.07) is 6.70. The number of nitrogens with zero attached hydrogens (tertiary/aromatic N) is 2. The minimum absolute atomic E-state index is 0.0825. The highest BCUT2D eigenvalue weighted by molar-refractivity contribution is 5.90. The SMILES string of the molecule is CCC=C(C#N)OC(=O)c1ccc([N+](=O)[O-])cc1. The minimum Gasteiger partial charge on any atom is -0.412 e. The zero-order valence-electron chi connectivity index (χ0n) is 9.62. The van der Waals surface area contributed by atoms with E-state index < -0.39 is 10.9 Å².